The molecule has 0 saturated heterocycles. The van der Waals surface area contributed by atoms with E-state index in [1.165, 1.54) is 0 Å². The highest BCUT2D eigenvalue weighted by atomic mass is 79.9. The van der Waals surface area contributed by atoms with E-state index in [1.807, 2.05) is 0 Å². The van der Waals surface area contributed by atoms with E-state index < -0.39 is 0 Å². The van der Waals surface area contributed by atoms with Crippen LogP contribution in [0.25, 0.3) is 0 Å². The Morgan fingerprint density at radius 1 is 1.62 bits per heavy atom. The van der Waals surface area contributed by atoms with Crippen LogP contribution in [0.3, 0.4) is 0 Å². The summed E-state index contributed by atoms with van der Waals surface area (Å²) in [6.07, 6.45) is 2.20. The zero-order chi connectivity index (χ0) is 9.84. The fourth-order valence-corrected chi connectivity index (χ4v) is 1.57. The van der Waals surface area contributed by atoms with Crippen molar-refractivity contribution in [1.29, 1.82) is 0 Å². The van der Waals surface area contributed by atoms with Crippen LogP contribution in [0.15, 0.2) is 11.1 Å². The zero-order valence-corrected chi connectivity index (χ0v) is 9.36. The zero-order valence-electron chi connectivity index (χ0n) is 7.77. The van der Waals surface area contributed by atoms with E-state index in [1.54, 1.807) is 0 Å². The summed E-state index contributed by atoms with van der Waals surface area (Å²) in [4.78, 5) is 11.2. The van der Waals surface area contributed by atoms with Crippen LogP contribution in [0.5, 0.6) is 0 Å². The maximum atomic E-state index is 11.2. The molecule has 0 heterocycles. The minimum atomic E-state index is -0.0995. The minimum Gasteiger partial charge on any atom is -0.335 e. The highest BCUT2D eigenvalue weighted by molar-refractivity contribution is 9.11. The number of carbonyl (C=O) groups excluding carboxylic acids is 1. The van der Waals surface area contributed by atoms with E-state index >= 15 is 0 Å². The lowest BCUT2D eigenvalue weighted by Crippen LogP contribution is -2.47. The van der Waals surface area contributed by atoms with Gasteiger partial charge in [0.1, 0.15) is 0 Å². The van der Waals surface area contributed by atoms with Gasteiger partial charge in [0.2, 0.25) is 0 Å². The second-order valence-electron chi connectivity index (χ2n) is 3.62. The van der Waals surface area contributed by atoms with Crippen LogP contribution in [-0.2, 0) is 0 Å². The summed E-state index contributed by atoms with van der Waals surface area (Å²) in [7, 11) is 0. The molecule has 0 unspecified atom stereocenters. The first-order chi connectivity index (χ1) is 6.08. The number of hydrogen-bond acceptors (Lipinski definition) is 1. The summed E-state index contributed by atoms with van der Waals surface area (Å²) >= 11 is 3.17. The summed E-state index contributed by atoms with van der Waals surface area (Å²) in [6, 6.07) is 0.274. The molecule has 0 atom stereocenters. The van der Waals surface area contributed by atoms with Gasteiger partial charge in [-0.25, -0.2) is 4.79 Å². The van der Waals surface area contributed by atoms with Gasteiger partial charge in [-0.15, -0.1) is 0 Å². The maximum absolute atomic E-state index is 11.2. The van der Waals surface area contributed by atoms with Gasteiger partial charge in [-0.2, -0.15) is 0 Å². The SMILES string of the molecule is C=C(Br)CNC(=O)NC1CC(C)C1. The number of halogens is 1. The van der Waals surface area contributed by atoms with Crippen molar-refractivity contribution in [2.45, 2.75) is 25.8 Å². The van der Waals surface area contributed by atoms with Gasteiger partial charge in [0.15, 0.2) is 0 Å². The summed E-state index contributed by atoms with van der Waals surface area (Å²) in [5.41, 5.74) is 0. The molecule has 1 fully saturated rings. The molecule has 1 aliphatic carbocycles. The molecule has 2 N–H and O–H groups in total. The standard InChI is InChI=1S/C9H15BrN2O/c1-6-3-8(4-6)12-9(13)11-5-7(2)10/h6,8H,2-5H2,1H3,(H2,11,12,13). The molecule has 0 radical (unpaired) electrons. The number of amides is 2. The van der Waals surface area contributed by atoms with Crippen LogP contribution >= 0.6 is 15.9 Å². The molecular formula is C9H15BrN2O. The number of rotatable bonds is 3. The summed E-state index contributed by atoms with van der Waals surface area (Å²) in [6.45, 7) is 6.30. The largest absolute Gasteiger partial charge is 0.335 e. The van der Waals surface area contributed by atoms with Crippen LogP contribution in [0.1, 0.15) is 19.8 Å². The molecule has 1 rings (SSSR count). The lowest BCUT2D eigenvalue weighted by Gasteiger charge is -2.33. The molecule has 3 nitrogen and oxygen atoms in total. The number of carbonyl (C=O) groups is 1. The van der Waals surface area contributed by atoms with E-state index in [2.05, 4.69) is 40.1 Å². The number of hydrogen-bond donors (Lipinski definition) is 2. The monoisotopic (exact) mass is 246 g/mol. The Balaban J connectivity index is 2.08. The Morgan fingerprint density at radius 3 is 2.69 bits per heavy atom. The molecule has 0 aromatic carbocycles. The van der Waals surface area contributed by atoms with Gasteiger partial charge in [0, 0.05) is 10.5 Å². The molecule has 2 amide bonds. The van der Waals surface area contributed by atoms with Crippen molar-refractivity contribution in [2.75, 3.05) is 6.54 Å². The summed E-state index contributed by atoms with van der Waals surface area (Å²) in [5, 5.41) is 5.59. The van der Waals surface area contributed by atoms with E-state index in [0.29, 0.717) is 12.6 Å². The topological polar surface area (TPSA) is 41.1 Å². The van der Waals surface area contributed by atoms with Crippen molar-refractivity contribution in [3.05, 3.63) is 11.1 Å². The van der Waals surface area contributed by atoms with Gasteiger partial charge in [0.05, 0.1) is 6.54 Å². The average molecular weight is 247 g/mol. The second kappa shape index (κ2) is 4.65. The first-order valence-corrected chi connectivity index (χ1v) is 5.25. The normalized spacial score (nSPS) is 26.0. The molecule has 0 aliphatic heterocycles. The Bertz CT molecular complexity index is 212. The summed E-state index contributed by atoms with van der Waals surface area (Å²) < 4.78 is 0.782. The Labute approximate surface area is 87.1 Å². The van der Waals surface area contributed by atoms with Gasteiger partial charge in [0.25, 0.3) is 0 Å². The van der Waals surface area contributed by atoms with Crippen molar-refractivity contribution in [3.63, 3.8) is 0 Å². The number of urea groups is 1. The van der Waals surface area contributed by atoms with Crippen LogP contribution < -0.4 is 10.6 Å². The summed E-state index contributed by atoms with van der Waals surface area (Å²) in [5.74, 6) is 0.761. The van der Waals surface area contributed by atoms with Gasteiger partial charge in [-0.3, -0.25) is 0 Å². The van der Waals surface area contributed by atoms with Gasteiger partial charge >= 0.3 is 6.03 Å². The molecular weight excluding hydrogens is 232 g/mol. The second-order valence-corrected chi connectivity index (χ2v) is 4.74. The van der Waals surface area contributed by atoms with E-state index in [-0.39, 0.29) is 6.03 Å². The maximum Gasteiger partial charge on any atom is 0.315 e. The predicted molar refractivity (Wildman–Crippen MR) is 56.8 cm³/mol. The molecule has 1 aliphatic rings. The molecule has 4 heteroatoms. The molecule has 74 valence electrons. The highest BCUT2D eigenvalue weighted by Crippen LogP contribution is 2.25. The molecule has 0 bridgehead atoms. The first kappa shape index (κ1) is 10.6. The van der Waals surface area contributed by atoms with Gasteiger partial charge in [-0.05, 0) is 18.8 Å². The Hall–Kier alpha value is -0.510. The molecule has 0 aromatic heterocycles. The Morgan fingerprint density at radius 2 is 2.23 bits per heavy atom. The highest BCUT2D eigenvalue weighted by Gasteiger charge is 2.26. The minimum absolute atomic E-state index is 0.0995. The van der Waals surface area contributed by atoms with Crippen molar-refractivity contribution in [1.82, 2.24) is 10.6 Å². The smallest absolute Gasteiger partial charge is 0.315 e. The quantitative estimate of drug-likeness (QED) is 0.786. The molecule has 1 saturated carbocycles. The Kier molecular flexibility index (Phi) is 3.78. The van der Waals surface area contributed by atoms with Crippen molar-refractivity contribution < 1.29 is 4.79 Å². The third-order valence-electron chi connectivity index (χ3n) is 2.15. The van der Waals surface area contributed by atoms with Gasteiger partial charge in [-0.1, -0.05) is 29.4 Å². The molecule has 0 spiro atoms. The molecule has 13 heavy (non-hydrogen) atoms. The lowest BCUT2D eigenvalue weighted by atomic mass is 9.82. The lowest BCUT2D eigenvalue weighted by molar-refractivity contribution is 0.211. The van der Waals surface area contributed by atoms with Crippen molar-refractivity contribution in [3.8, 4) is 0 Å². The number of nitrogens with one attached hydrogen (secondary N) is 2. The van der Waals surface area contributed by atoms with E-state index in [4.69, 9.17) is 0 Å². The fraction of sp³-hybridized carbons (Fsp3) is 0.667. The van der Waals surface area contributed by atoms with E-state index in [0.717, 1.165) is 23.2 Å². The van der Waals surface area contributed by atoms with Gasteiger partial charge < -0.3 is 10.6 Å². The first-order valence-electron chi connectivity index (χ1n) is 4.45. The average Bonchev–Trinajstić information content (AvgIpc) is 1.98. The van der Waals surface area contributed by atoms with E-state index in [9.17, 15) is 4.79 Å². The predicted octanol–water partition coefficient (Wildman–Crippen LogP) is 1.99. The van der Waals surface area contributed by atoms with Crippen molar-refractivity contribution >= 4 is 22.0 Å². The van der Waals surface area contributed by atoms with Crippen LogP contribution in [0.4, 0.5) is 4.79 Å². The fourth-order valence-electron chi connectivity index (χ4n) is 1.43. The van der Waals surface area contributed by atoms with Crippen LogP contribution in [0, 0.1) is 5.92 Å². The molecule has 0 aromatic rings. The van der Waals surface area contributed by atoms with Crippen molar-refractivity contribution in [2.24, 2.45) is 5.92 Å². The third-order valence-corrected chi connectivity index (χ3v) is 2.43. The third kappa shape index (κ3) is 3.81. The van der Waals surface area contributed by atoms with Crippen LogP contribution in [-0.4, -0.2) is 18.6 Å². The van der Waals surface area contributed by atoms with Crippen LogP contribution in [0.2, 0.25) is 0 Å².